The Morgan fingerprint density at radius 3 is 3.00 bits per heavy atom. The number of aliphatic hydroxyl groups excluding tert-OH is 1. The second kappa shape index (κ2) is 6.16. The van der Waals surface area contributed by atoms with E-state index in [1.807, 2.05) is 13.0 Å². The van der Waals surface area contributed by atoms with Gasteiger partial charge in [0.25, 0.3) is 0 Å². The van der Waals surface area contributed by atoms with Crippen molar-refractivity contribution in [2.24, 2.45) is 5.73 Å². The minimum absolute atomic E-state index is 0.241. The van der Waals surface area contributed by atoms with Gasteiger partial charge in [-0.3, -0.25) is 0 Å². The topological polar surface area (TPSA) is 62.4 Å². The van der Waals surface area contributed by atoms with Crippen LogP contribution >= 0.6 is 0 Å². The smallest absolute Gasteiger partial charge is 0.133 e. The zero-order valence-electron chi connectivity index (χ0n) is 11.1. The molecule has 0 bridgehead atoms. The van der Waals surface area contributed by atoms with Crippen molar-refractivity contribution >= 4 is 5.82 Å². The van der Waals surface area contributed by atoms with E-state index in [2.05, 4.69) is 16.0 Å². The molecule has 1 saturated heterocycles. The Hall–Kier alpha value is -1.13. The second-order valence-corrected chi connectivity index (χ2v) is 4.99. The van der Waals surface area contributed by atoms with Crippen LogP contribution in [0.3, 0.4) is 0 Å². The Labute approximate surface area is 109 Å². The first-order valence-corrected chi connectivity index (χ1v) is 6.80. The maximum atomic E-state index is 9.19. The number of hydrogen-bond acceptors (Lipinski definition) is 4. The van der Waals surface area contributed by atoms with Gasteiger partial charge in [0, 0.05) is 37.0 Å². The van der Waals surface area contributed by atoms with E-state index in [-0.39, 0.29) is 6.61 Å². The zero-order valence-corrected chi connectivity index (χ0v) is 11.1. The fourth-order valence-corrected chi connectivity index (χ4v) is 2.71. The molecule has 100 valence electrons. The molecule has 2 rings (SSSR count). The summed E-state index contributed by atoms with van der Waals surface area (Å²) < 4.78 is 0. The minimum atomic E-state index is 0.241. The van der Waals surface area contributed by atoms with Gasteiger partial charge in [-0.25, -0.2) is 4.98 Å². The molecule has 1 fully saturated rings. The monoisotopic (exact) mass is 249 g/mol. The van der Waals surface area contributed by atoms with Crippen molar-refractivity contribution < 1.29 is 5.11 Å². The molecule has 2 heterocycles. The predicted molar refractivity (Wildman–Crippen MR) is 73.6 cm³/mol. The summed E-state index contributed by atoms with van der Waals surface area (Å²) in [5.74, 6) is 1.02. The molecule has 0 amide bonds. The Balaban J connectivity index is 2.29. The SMILES string of the molecule is Cc1ccc(CN)c(N2CCCCC2CCO)n1. The summed E-state index contributed by atoms with van der Waals surface area (Å²) in [5, 5.41) is 9.19. The van der Waals surface area contributed by atoms with E-state index in [0.717, 1.165) is 36.5 Å². The summed E-state index contributed by atoms with van der Waals surface area (Å²) in [6, 6.07) is 4.49. The number of anilines is 1. The number of nitrogens with two attached hydrogens (primary N) is 1. The molecule has 1 aliphatic rings. The van der Waals surface area contributed by atoms with E-state index >= 15 is 0 Å². The highest BCUT2D eigenvalue weighted by Gasteiger charge is 2.24. The molecule has 3 N–H and O–H groups in total. The van der Waals surface area contributed by atoms with E-state index < -0.39 is 0 Å². The lowest BCUT2D eigenvalue weighted by Gasteiger charge is -2.37. The van der Waals surface area contributed by atoms with Crippen molar-refractivity contribution in [3.8, 4) is 0 Å². The number of hydrogen-bond donors (Lipinski definition) is 2. The van der Waals surface area contributed by atoms with Crippen LogP contribution in [0.4, 0.5) is 5.82 Å². The molecule has 18 heavy (non-hydrogen) atoms. The van der Waals surface area contributed by atoms with Crippen LogP contribution in [0.5, 0.6) is 0 Å². The quantitative estimate of drug-likeness (QED) is 0.850. The summed E-state index contributed by atoms with van der Waals surface area (Å²) in [5.41, 5.74) is 7.94. The average molecular weight is 249 g/mol. The third kappa shape index (κ3) is 2.82. The summed E-state index contributed by atoms with van der Waals surface area (Å²) >= 11 is 0. The molecule has 0 spiro atoms. The van der Waals surface area contributed by atoms with Crippen LogP contribution < -0.4 is 10.6 Å². The number of aryl methyl sites for hydroxylation is 1. The maximum absolute atomic E-state index is 9.19. The lowest BCUT2D eigenvalue weighted by Crippen LogP contribution is -2.41. The van der Waals surface area contributed by atoms with E-state index in [4.69, 9.17) is 5.73 Å². The van der Waals surface area contributed by atoms with Gasteiger partial charge in [0.2, 0.25) is 0 Å². The summed E-state index contributed by atoms with van der Waals surface area (Å²) in [7, 11) is 0. The molecule has 1 aromatic rings. The average Bonchev–Trinajstić information content (AvgIpc) is 2.40. The Kier molecular flexibility index (Phi) is 4.55. The van der Waals surface area contributed by atoms with E-state index in [0.29, 0.717) is 12.6 Å². The molecular weight excluding hydrogens is 226 g/mol. The highest BCUT2D eigenvalue weighted by atomic mass is 16.3. The summed E-state index contributed by atoms with van der Waals surface area (Å²) in [6.45, 7) is 3.79. The Bertz CT molecular complexity index is 393. The van der Waals surface area contributed by atoms with Crippen LogP contribution in [0.15, 0.2) is 12.1 Å². The number of pyridine rings is 1. The predicted octanol–water partition coefficient (Wildman–Crippen LogP) is 1.59. The lowest BCUT2D eigenvalue weighted by molar-refractivity contribution is 0.262. The van der Waals surface area contributed by atoms with Crippen LogP contribution in [-0.4, -0.2) is 29.3 Å². The largest absolute Gasteiger partial charge is 0.396 e. The Morgan fingerprint density at radius 1 is 1.44 bits per heavy atom. The molecule has 4 heteroatoms. The van der Waals surface area contributed by atoms with Gasteiger partial charge >= 0.3 is 0 Å². The highest BCUT2D eigenvalue weighted by Crippen LogP contribution is 2.27. The first-order chi connectivity index (χ1) is 8.76. The number of aliphatic hydroxyl groups is 1. The summed E-state index contributed by atoms with van der Waals surface area (Å²) in [6.07, 6.45) is 4.40. The van der Waals surface area contributed by atoms with Crippen molar-refractivity contribution in [1.82, 2.24) is 4.98 Å². The summed E-state index contributed by atoms with van der Waals surface area (Å²) in [4.78, 5) is 7.01. The standard InChI is InChI=1S/C14H23N3O/c1-11-5-6-12(10-15)14(16-11)17-8-3-2-4-13(17)7-9-18/h5-6,13,18H,2-4,7-10,15H2,1H3. The lowest BCUT2D eigenvalue weighted by atomic mass is 9.99. The second-order valence-electron chi connectivity index (χ2n) is 4.99. The molecule has 0 saturated carbocycles. The van der Waals surface area contributed by atoms with E-state index in [1.54, 1.807) is 0 Å². The van der Waals surface area contributed by atoms with Gasteiger partial charge in [-0.15, -0.1) is 0 Å². The van der Waals surface area contributed by atoms with Gasteiger partial charge in [-0.2, -0.15) is 0 Å². The van der Waals surface area contributed by atoms with Crippen molar-refractivity contribution in [3.05, 3.63) is 23.4 Å². The van der Waals surface area contributed by atoms with Crippen LogP contribution in [0.25, 0.3) is 0 Å². The fourth-order valence-electron chi connectivity index (χ4n) is 2.71. The van der Waals surface area contributed by atoms with Crippen molar-refractivity contribution in [3.63, 3.8) is 0 Å². The van der Waals surface area contributed by atoms with Crippen LogP contribution in [0.2, 0.25) is 0 Å². The Morgan fingerprint density at radius 2 is 2.28 bits per heavy atom. The first-order valence-electron chi connectivity index (χ1n) is 6.80. The molecule has 0 aromatic carbocycles. The normalized spacial score (nSPS) is 20.2. The first kappa shape index (κ1) is 13.3. The number of piperidine rings is 1. The molecule has 0 aliphatic carbocycles. The van der Waals surface area contributed by atoms with Crippen molar-refractivity contribution in [2.75, 3.05) is 18.1 Å². The van der Waals surface area contributed by atoms with Gasteiger partial charge in [0.05, 0.1) is 0 Å². The number of rotatable bonds is 4. The molecule has 1 aliphatic heterocycles. The van der Waals surface area contributed by atoms with Gasteiger partial charge < -0.3 is 15.7 Å². The van der Waals surface area contributed by atoms with E-state index in [1.165, 1.54) is 12.8 Å². The van der Waals surface area contributed by atoms with E-state index in [9.17, 15) is 5.11 Å². The third-order valence-corrected chi connectivity index (χ3v) is 3.68. The van der Waals surface area contributed by atoms with Gasteiger partial charge in [-0.05, 0) is 38.7 Å². The van der Waals surface area contributed by atoms with Gasteiger partial charge in [0.1, 0.15) is 5.82 Å². The molecule has 4 nitrogen and oxygen atoms in total. The minimum Gasteiger partial charge on any atom is -0.396 e. The molecular formula is C14H23N3O. The number of aromatic nitrogens is 1. The molecule has 1 unspecified atom stereocenters. The van der Waals surface area contributed by atoms with Crippen molar-refractivity contribution in [1.29, 1.82) is 0 Å². The molecule has 1 aromatic heterocycles. The number of nitrogens with zero attached hydrogens (tertiary/aromatic N) is 2. The highest BCUT2D eigenvalue weighted by molar-refractivity contribution is 5.49. The molecule has 0 radical (unpaired) electrons. The fraction of sp³-hybridized carbons (Fsp3) is 0.643. The van der Waals surface area contributed by atoms with Crippen LogP contribution in [-0.2, 0) is 6.54 Å². The zero-order chi connectivity index (χ0) is 13.0. The van der Waals surface area contributed by atoms with Crippen molar-refractivity contribution in [2.45, 2.75) is 45.2 Å². The molecule has 1 atom stereocenters. The maximum Gasteiger partial charge on any atom is 0.133 e. The van der Waals surface area contributed by atoms with Crippen LogP contribution in [0.1, 0.15) is 36.9 Å². The third-order valence-electron chi connectivity index (χ3n) is 3.68. The van der Waals surface area contributed by atoms with Gasteiger partial charge in [0.15, 0.2) is 0 Å². The van der Waals surface area contributed by atoms with Crippen LogP contribution in [0, 0.1) is 6.92 Å². The van der Waals surface area contributed by atoms with Gasteiger partial charge in [-0.1, -0.05) is 6.07 Å².